The summed E-state index contributed by atoms with van der Waals surface area (Å²) in [5.41, 5.74) is 6.28. The van der Waals surface area contributed by atoms with E-state index in [9.17, 15) is 4.79 Å². The Balaban J connectivity index is 1.77. The number of hydrogen-bond donors (Lipinski definition) is 2. The Kier molecular flexibility index (Phi) is 5.21. The van der Waals surface area contributed by atoms with Crippen LogP contribution in [0.2, 0.25) is 5.02 Å². The molecule has 2 heterocycles. The van der Waals surface area contributed by atoms with E-state index in [4.69, 9.17) is 26.8 Å². The number of carbonyl (C=O) groups is 1. The third-order valence-electron chi connectivity index (χ3n) is 4.77. The van der Waals surface area contributed by atoms with E-state index in [2.05, 4.69) is 5.32 Å². The van der Waals surface area contributed by atoms with E-state index in [1.165, 1.54) is 0 Å². The molecular weight excluding hydrogens is 316 g/mol. The van der Waals surface area contributed by atoms with Crippen LogP contribution in [0.1, 0.15) is 31.2 Å². The van der Waals surface area contributed by atoms with Crippen molar-refractivity contribution < 1.29 is 14.3 Å². The first-order valence-electron chi connectivity index (χ1n) is 8.14. The second-order valence-electron chi connectivity index (χ2n) is 6.25. The Morgan fingerprint density at radius 1 is 1.26 bits per heavy atom. The number of nitrogens with one attached hydrogen (secondary N) is 1. The van der Waals surface area contributed by atoms with E-state index in [-0.39, 0.29) is 12.0 Å². The zero-order valence-electron chi connectivity index (χ0n) is 13.1. The van der Waals surface area contributed by atoms with Gasteiger partial charge in [-0.05, 0) is 43.4 Å². The van der Waals surface area contributed by atoms with Crippen molar-refractivity contribution in [2.45, 2.75) is 43.4 Å². The molecule has 23 heavy (non-hydrogen) atoms. The first kappa shape index (κ1) is 16.7. The monoisotopic (exact) mass is 338 g/mol. The number of carbonyl (C=O) groups excluding carboxylic acids is 1. The van der Waals surface area contributed by atoms with Crippen LogP contribution in [0.25, 0.3) is 0 Å². The van der Waals surface area contributed by atoms with Crippen molar-refractivity contribution in [3.05, 3.63) is 34.9 Å². The molecule has 126 valence electrons. The lowest BCUT2D eigenvalue weighted by atomic mass is 9.82. The SMILES string of the molecule is NC[C@H]1CC[C@@H](C(=O)NC2(c3ccc(Cl)cc3)CCOCC2)O1. The second-order valence-corrected chi connectivity index (χ2v) is 6.69. The summed E-state index contributed by atoms with van der Waals surface area (Å²) in [6.45, 7) is 1.71. The lowest BCUT2D eigenvalue weighted by molar-refractivity contribution is -0.135. The Morgan fingerprint density at radius 3 is 2.57 bits per heavy atom. The Morgan fingerprint density at radius 2 is 1.96 bits per heavy atom. The molecule has 2 aliphatic rings. The molecule has 0 unspecified atom stereocenters. The molecule has 2 fully saturated rings. The van der Waals surface area contributed by atoms with Gasteiger partial charge in [0.2, 0.25) is 5.91 Å². The number of ether oxygens (including phenoxy) is 2. The molecule has 2 aliphatic heterocycles. The topological polar surface area (TPSA) is 73.6 Å². The highest BCUT2D eigenvalue weighted by atomic mass is 35.5. The van der Waals surface area contributed by atoms with Gasteiger partial charge in [0.1, 0.15) is 6.10 Å². The molecule has 2 atom stereocenters. The largest absolute Gasteiger partial charge is 0.381 e. The summed E-state index contributed by atoms with van der Waals surface area (Å²) in [6, 6.07) is 7.67. The highest BCUT2D eigenvalue weighted by Gasteiger charge is 2.39. The van der Waals surface area contributed by atoms with E-state index in [0.29, 0.717) is 24.8 Å². The third-order valence-corrected chi connectivity index (χ3v) is 5.02. The van der Waals surface area contributed by atoms with Crippen LogP contribution in [-0.4, -0.2) is 37.9 Å². The van der Waals surface area contributed by atoms with Gasteiger partial charge in [0.25, 0.3) is 0 Å². The van der Waals surface area contributed by atoms with Gasteiger partial charge in [0.05, 0.1) is 11.6 Å². The minimum Gasteiger partial charge on any atom is -0.381 e. The van der Waals surface area contributed by atoms with Crippen LogP contribution in [0, 0.1) is 0 Å². The first-order chi connectivity index (χ1) is 11.1. The van der Waals surface area contributed by atoms with Crippen molar-refractivity contribution in [3.63, 3.8) is 0 Å². The molecule has 3 rings (SSSR count). The van der Waals surface area contributed by atoms with Crippen LogP contribution < -0.4 is 11.1 Å². The van der Waals surface area contributed by atoms with E-state index < -0.39 is 11.6 Å². The average molecular weight is 339 g/mol. The number of rotatable bonds is 4. The van der Waals surface area contributed by atoms with Crippen LogP contribution in [-0.2, 0) is 19.8 Å². The van der Waals surface area contributed by atoms with Gasteiger partial charge in [-0.15, -0.1) is 0 Å². The van der Waals surface area contributed by atoms with E-state index >= 15 is 0 Å². The van der Waals surface area contributed by atoms with Crippen molar-refractivity contribution in [2.24, 2.45) is 5.73 Å². The van der Waals surface area contributed by atoms with Gasteiger partial charge in [-0.2, -0.15) is 0 Å². The molecular formula is C17H23ClN2O3. The van der Waals surface area contributed by atoms with Crippen LogP contribution in [0.4, 0.5) is 0 Å². The molecule has 1 aromatic rings. The molecule has 0 saturated carbocycles. The summed E-state index contributed by atoms with van der Waals surface area (Å²) >= 11 is 5.99. The molecule has 5 nitrogen and oxygen atoms in total. The van der Waals surface area contributed by atoms with Crippen molar-refractivity contribution in [1.29, 1.82) is 0 Å². The van der Waals surface area contributed by atoms with Crippen molar-refractivity contribution in [2.75, 3.05) is 19.8 Å². The van der Waals surface area contributed by atoms with Crippen LogP contribution in [0.3, 0.4) is 0 Å². The fourth-order valence-corrected chi connectivity index (χ4v) is 3.49. The summed E-state index contributed by atoms with van der Waals surface area (Å²) in [5, 5.41) is 3.91. The number of halogens is 1. The van der Waals surface area contributed by atoms with E-state index in [0.717, 1.165) is 31.2 Å². The molecule has 2 saturated heterocycles. The number of nitrogens with two attached hydrogens (primary N) is 1. The summed E-state index contributed by atoms with van der Waals surface area (Å²) < 4.78 is 11.2. The van der Waals surface area contributed by atoms with Crippen LogP contribution >= 0.6 is 11.6 Å². The molecule has 0 aliphatic carbocycles. The second kappa shape index (κ2) is 7.18. The van der Waals surface area contributed by atoms with Crippen molar-refractivity contribution in [3.8, 4) is 0 Å². The quantitative estimate of drug-likeness (QED) is 0.880. The Hall–Kier alpha value is -1.14. The zero-order chi connectivity index (χ0) is 16.3. The first-order valence-corrected chi connectivity index (χ1v) is 8.52. The summed E-state index contributed by atoms with van der Waals surface area (Å²) in [4.78, 5) is 12.7. The number of benzene rings is 1. The normalized spacial score (nSPS) is 26.9. The maximum atomic E-state index is 12.7. The standard InChI is InChI=1S/C17H23ClN2O3/c18-13-3-1-12(2-4-13)17(7-9-22-10-8-17)20-16(21)15-6-5-14(11-19)23-15/h1-4,14-15H,5-11,19H2,(H,20,21)/t14-,15+/m1/s1. The average Bonchev–Trinajstić information content (AvgIpc) is 3.05. The maximum absolute atomic E-state index is 12.7. The van der Waals surface area contributed by atoms with Gasteiger partial charge >= 0.3 is 0 Å². The smallest absolute Gasteiger partial charge is 0.249 e. The number of hydrogen-bond acceptors (Lipinski definition) is 4. The Bertz CT molecular complexity index is 543. The molecule has 0 bridgehead atoms. The molecule has 0 aromatic heterocycles. The minimum absolute atomic E-state index is 0.00748. The summed E-state index contributed by atoms with van der Waals surface area (Å²) in [6.07, 6.45) is 2.63. The molecule has 0 radical (unpaired) electrons. The molecule has 0 spiro atoms. The van der Waals surface area contributed by atoms with Gasteiger partial charge in [-0.25, -0.2) is 0 Å². The fourth-order valence-electron chi connectivity index (χ4n) is 3.36. The predicted molar refractivity (Wildman–Crippen MR) is 88.3 cm³/mol. The lowest BCUT2D eigenvalue weighted by Gasteiger charge is -2.39. The van der Waals surface area contributed by atoms with Gasteiger partial charge in [-0.1, -0.05) is 23.7 Å². The van der Waals surface area contributed by atoms with Crippen LogP contribution in [0.15, 0.2) is 24.3 Å². The maximum Gasteiger partial charge on any atom is 0.249 e. The predicted octanol–water partition coefficient (Wildman–Crippen LogP) is 1.97. The van der Waals surface area contributed by atoms with Gasteiger partial charge in [0, 0.05) is 24.8 Å². The highest BCUT2D eigenvalue weighted by molar-refractivity contribution is 6.30. The van der Waals surface area contributed by atoms with Crippen LogP contribution in [0.5, 0.6) is 0 Å². The highest BCUT2D eigenvalue weighted by Crippen LogP contribution is 2.33. The minimum atomic E-state index is -0.413. The van der Waals surface area contributed by atoms with Gasteiger partial charge in [-0.3, -0.25) is 4.79 Å². The lowest BCUT2D eigenvalue weighted by Crippen LogP contribution is -2.52. The summed E-state index contributed by atoms with van der Waals surface area (Å²) in [5.74, 6) is -0.0576. The van der Waals surface area contributed by atoms with E-state index in [1.807, 2.05) is 24.3 Å². The summed E-state index contributed by atoms with van der Waals surface area (Å²) in [7, 11) is 0. The van der Waals surface area contributed by atoms with E-state index in [1.54, 1.807) is 0 Å². The molecule has 6 heteroatoms. The molecule has 1 aromatic carbocycles. The van der Waals surface area contributed by atoms with Crippen molar-refractivity contribution in [1.82, 2.24) is 5.32 Å². The zero-order valence-corrected chi connectivity index (χ0v) is 13.8. The molecule has 3 N–H and O–H groups in total. The molecule has 1 amide bonds. The third kappa shape index (κ3) is 3.69. The fraction of sp³-hybridized carbons (Fsp3) is 0.588. The van der Waals surface area contributed by atoms with Gasteiger partial charge in [0.15, 0.2) is 0 Å². The number of amides is 1. The Labute approximate surface area is 141 Å². The van der Waals surface area contributed by atoms with Gasteiger partial charge < -0.3 is 20.5 Å². The van der Waals surface area contributed by atoms with Crippen molar-refractivity contribution >= 4 is 17.5 Å².